The van der Waals surface area contributed by atoms with Gasteiger partial charge in [0.1, 0.15) is 0 Å². The van der Waals surface area contributed by atoms with Crippen molar-refractivity contribution in [3.63, 3.8) is 0 Å². The smallest absolute Gasteiger partial charge is 0.395 e. The minimum absolute atomic E-state index is 0.263. The van der Waals surface area contributed by atoms with Crippen molar-refractivity contribution in [1.29, 1.82) is 5.26 Å². The highest BCUT2D eigenvalue weighted by molar-refractivity contribution is 5.49. The van der Waals surface area contributed by atoms with E-state index in [1.165, 1.54) is 11.6 Å². The first-order valence-electron chi connectivity index (χ1n) is 6.17. The summed E-state index contributed by atoms with van der Waals surface area (Å²) in [4.78, 5) is 0. The molecule has 21 heavy (non-hydrogen) atoms. The maximum Gasteiger partial charge on any atom is 0.437 e. The third kappa shape index (κ3) is 2.70. The lowest BCUT2D eigenvalue weighted by Gasteiger charge is -2.14. The number of anilines is 1. The zero-order valence-electron chi connectivity index (χ0n) is 11.4. The quantitative estimate of drug-likeness (QED) is 0.924. The first-order valence-corrected chi connectivity index (χ1v) is 6.17. The molecule has 2 rings (SSSR count). The van der Waals surface area contributed by atoms with E-state index in [2.05, 4.69) is 5.10 Å². The van der Waals surface area contributed by atoms with Crippen LogP contribution in [0.1, 0.15) is 35.5 Å². The number of aromatic nitrogens is 2. The Hall–Kier alpha value is -2.49. The van der Waals surface area contributed by atoms with Crippen LogP contribution in [-0.2, 0) is 6.18 Å². The highest BCUT2D eigenvalue weighted by atomic mass is 19.4. The number of nitrogen functional groups attached to an aromatic ring is 1. The fraction of sp³-hybridized carbons (Fsp3) is 0.286. The van der Waals surface area contributed by atoms with Crippen LogP contribution in [0, 0.1) is 18.3 Å². The number of hydrogen-bond acceptors (Lipinski definition) is 3. The number of rotatable bonds is 2. The SMILES string of the molecule is Cc1c(N)c(C(F)(F)F)nn1[C@H](C)c1ccc(C#N)cc1. The molecule has 0 aliphatic carbocycles. The molecule has 0 amide bonds. The molecule has 0 saturated heterocycles. The Morgan fingerprint density at radius 3 is 2.29 bits per heavy atom. The molecule has 0 radical (unpaired) electrons. The van der Waals surface area contributed by atoms with Gasteiger partial charge in [0.2, 0.25) is 0 Å². The second kappa shape index (κ2) is 5.13. The minimum atomic E-state index is -4.58. The van der Waals surface area contributed by atoms with Gasteiger partial charge >= 0.3 is 6.18 Å². The lowest BCUT2D eigenvalue weighted by molar-refractivity contribution is -0.140. The maximum absolute atomic E-state index is 12.8. The van der Waals surface area contributed by atoms with Crippen molar-refractivity contribution >= 4 is 5.69 Å². The molecule has 2 aromatic rings. The largest absolute Gasteiger partial charge is 0.437 e. The van der Waals surface area contributed by atoms with Crippen LogP contribution < -0.4 is 5.73 Å². The summed E-state index contributed by atoms with van der Waals surface area (Å²) in [6, 6.07) is 8.16. The summed E-state index contributed by atoms with van der Waals surface area (Å²) in [5.74, 6) is 0. The zero-order chi connectivity index (χ0) is 15.8. The third-order valence-corrected chi connectivity index (χ3v) is 3.35. The molecule has 0 aliphatic heterocycles. The molecular weight excluding hydrogens is 281 g/mol. The van der Waals surface area contributed by atoms with Gasteiger partial charge in [-0.05, 0) is 31.5 Å². The summed E-state index contributed by atoms with van der Waals surface area (Å²) in [5.41, 5.74) is 5.57. The summed E-state index contributed by atoms with van der Waals surface area (Å²) < 4.78 is 39.7. The van der Waals surface area contributed by atoms with Crippen molar-refractivity contribution in [1.82, 2.24) is 9.78 Å². The van der Waals surface area contributed by atoms with Crippen molar-refractivity contribution in [3.05, 3.63) is 46.8 Å². The van der Waals surface area contributed by atoms with E-state index in [0.29, 0.717) is 5.56 Å². The summed E-state index contributed by atoms with van der Waals surface area (Å²) in [6.45, 7) is 3.22. The Bertz CT molecular complexity index is 693. The number of halogens is 3. The Balaban J connectivity index is 2.44. The zero-order valence-corrected chi connectivity index (χ0v) is 11.4. The standard InChI is InChI=1S/C14H13F3N4/c1-8(11-5-3-10(7-18)4-6-11)21-9(2)12(19)13(20-21)14(15,16)17/h3-6,8H,19H2,1-2H3/t8-/m1/s1. The average Bonchev–Trinajstić information content (AvgIpc) is 2.74. The first kappa shape index (κ1) is 14.9. The second-order valence-corrected chi connectivity index (χ2v) is 4.70. The van der Waals surface area contributed by atoms with Crippen LogP contribution in [0.5, 0.6) is 0 Å². The summed E-state index contributed by atoms with van der Waals surface area (Å²) >= 11 is 0. The van der Waals surface area contributed by atoms with Gasteiger partial charge in [0, 0.05) is 0 Å². The van der Waals surface area contributed by atoms with Gasteiger partial charge in [-0.1, -0.05) is 12.1 Å². The molecule has 0 spiro atoms. The van der Waals surface area contributed by atoms with E-state index in [0.717, 1.165) is 5.56 Å². The fourth-order valence-electron chi connectivity index (χ4n) is 2.10. The van der Waals surface area contributed by atoms with Gasteiger partial charge in [0.05, 0.1) is 29.1 Å². The number of alkyl halides is 3. The number of benzene rings is 1. The van der Waals surface area contributed by atoms with E-state index in [1.54, 1.807) is 31.2 Å². The van der Waals surface area contributed by atoms with Gasteiger partial charge in [-0.25, -0.2) is 0 Å². The Morgan fingerprint density at radius 2 is 1.86 bits per heavy atom. The van der Waals surface area contributed by atoms with Gasteiger partial charge in [-0.2, -0.15) is 23.5 Å². The van der Waals surface area contributed by atoms with Crippen LogP contribution in [0.3, 0.4) is 0 Å². The predicted octanol–water partition coefficient (Wildman–Crippen LogP) is 3.27. The van der Waals surface area contributed by atoms with Crippen molar-refractivity contribution < 1.29 is 13.2 Å². The minimum Gasteiger partial charge on any atom is -0.395 e. The molecule has 0 bridgehead atoms. The monoisotopic (exact) mass is 294 g/mol. The first-order chi connectivity index (χ1) is 9.75. The van der Waals surface area contributed by atoms with Crippen LogP contribution in [0.15, 0.2) is 24.3 Å². The van der Waals surface area contributed by atoms with Gasteiger partial charge in [0.15, 0.2) is 5.69 Å². The van der Waals surface area contributed by atoms with E-state index in [4.69, 9.17) is 11.0 Å². The van der Waals surface area contributed by atoms with Crippen LogP contribution in [0.25, 0.3) is 0 Å². The Morgan fingerprint density at radius 1 is 1.29 bits per heavy atom. The highest BCUT2D eigenvalue weighted by Crippen LogP contribution is 2.35. The van der Waals surface area contributed by atoms with Gasteiger partial charge in [-0.15, -0.1) is 0 Å². The summed E-state index contributed by atoms with van der Waals surface area (Å²) in [5, 5.41) is 12.3. The van der Waals surface area contributed by atoms with Crippen LogP contribution in [0.4, 0.5) is 18.9 Å². The van der Waals surface area contributed by atoms with E-state index >= 15 is 0 Å². The van der Waals surface area contributed by atoms with E-state index in [9.17, 15) is 13.2 Å². The fourth-order valence-corrected chi connectivity index (χ4v) is 2.10. The molecule has 7 heteroatoms. The molecule has 0 fully saturated rings. The van der Waals surface area contributed by atoms with Crippen molar-refractivity contribution in [2.24, 2.45) is 0 Å². The van der Waals surface area contributed by atoms with Crippen LogP contribution >= 0.6 is 0 Å². The predicted molar refractivity (Wildman–Crippen MR) is 71.3 cm³/mol. The molecule has 1 heterocycles. The highest BCUT2D eigenvalue weighted by Gasteiger charge is 2.38. The number of nitrogens with zero attached hydrogens (tertiary/aromatic N) is 3. The van der Waals surface area contributed by atoms with Gasteiger partial charge in [-0.3, -0.25) is 4.68 Å². The average molecular weight is 294 g/mol. The maximum atomic E-state index is 12.8. The molecule has 1 aromatic heterocycles. The lowest BCUT2D eigenvalue weighted by Crippen LogP contribution is -2.12. The van der Waals surface area contributed by atoms with Crippen LogP contribution in [0.2, 0.25) is 0 Å². The van der Waals surface area contributed by atoms with Crippen molar-refractivity contribution in [2.75, 3.05) is 5.73 Å². The third-order valence-electron chi connectivity index (χ3n) is 3.35. The molecule has 1 atom stereocenters. The molecular formula is C14H13F3N4. The molecule has 1 aromatic carbocycles. The lowest BCUT2D eigenvalue weighted by atomic mass is 10.1. The number of nitrogens with two attached hydrogens (primary N) is 1. The molecule has 2 N–H and O–H groups in total. The molecule has 0 unspecified atom stereocenters. The number of hydrogen-bond donors (Lipinski definition) is 1. The number of nitriles is 1. The summed E-state index contributed by atoms with van der Waals surface area (Å²) in [7, 11) is 0. The Labute approximate surface area is 119 Å². The second-order valence-electron chi connectivity index (χ2n) is 4.70. The summed E-state index contributed by atoms with van der Waals surface area (Å²) in [6.07, 6.45) is -4.58. The molecule has 0 saturated carbocycles. The molecule has 4 nitrogen and oxygen atoms in total. The van der Waals surface area contributed by atoms with Gasteiger partial charge < -0.3 is 5.73 Å². The topological polar surface area (TPSA) is 67.6 Å². The molecule has 110 valence electrons. The van der Waals surface area contributed by atoms with Crippen LogP contribution in [-0.4, -0.2) is 9.78 Å². The Kier molecular flexibility index (Phi) is 3.64. The van der Waals surface area contributed by atoms with E-state index < -0.39 is 17.9 Å². The van der Waals surface area contributed by atoms with Crippen molar-refractivity contribution in [3.8, 4) is 6.07 Å². The van der Waals surface area contributed by atoms with E-state index in [1.807, 2.05) is 6.07 Å². The molecule has 0 aliphatic rings. The van der Waals surface area contributed by atoms with Gasteiger partial charge in [0.25, 0.3) is 0 Å². The normalized spacial score (nSPS) is 13.0. The van der Waals surface area contributed by atoms with E-state index in [-0.39, 0.29) is 11.4 Å². The van der Waals surface area contributed by atoms with Crippen molar-refractivity contribution in [2.45, 2.75) is 26.1 Å².